The van der Waals surface area contributed by atoms with Crippen LogP contribution in [-0.4, -0.2) is 30.1 Å². The molecule has 0 aliphatic carbocycles. The van der Waals surface area contributed by atoms with Crippen molar-refractivity contribution >= 4 is 11.6 Å². The maximum atomic E-state index is 12.8. The number of carbonyl (C=O) groups excluding carboxylic acids is 1. The fourth-order valence-corrected chi connectivity index (χ4v) is 3.92. The summed E-state index contributed by atoms with van der Waals surface area (Å²) in [6.07, 6.45) is 2.86. The largest absolute Gasteiger partial charge is 0.392 e. The Bertz CT molecular complexity index is 766. The molecule has 0 spiro atoms. The van der Waals surface area contributed by atoms with Crippen molar-refractivity contribution in [2.75, 3.05) is 18.0 Å². The zero-order valence-electron chi connectivity index (χ0n) is 13.7. The number of hydrogen-bond acceptors (Lipinski definition) is 3. The molecule has 0 aromatic heterocycles. The number of rotatable bonds is 3. The summed E-state index contributed by atoms with van der Waals surface area (Å²) in [6.45, 7) is 1.69. The molecular formula is C20H22N2O2. The van der Waals surface area contributed by atoms with Crippen molar-refractivity contribution in [1.29, 1.82) is 0 Å². The van der Waals surface area contributed by atoms with E-state index in [9.17, 15) is 9.90 Å². The first-order valence-corrected chi connectivity index (χ1v) is 8.65. The van der Waals surface area contributed by atoms with Crippen LogP contribution in [0.5, 0.6) is 0 Å². The van der Waals surface area contributed by atoms with Crippen molar-refractivity contribution in [2.24, 2.45) is 0 Å². The fourth-order valence-electron chi connectivity index (χ4n) is 3.92. The van der Waals surface area contributed by atoms with Crippen molar-refractivity contribution < 1.29 is 9.90 Å². The van der Waals surface area contributed by atoms with Gasteiger partial charge in [0.25, 0.3) is 0 Å². The van der Waals surface area contributed by atoms with E-state index in [1.807, 2.05) is 41.3 Å². The number of aliphatic hydroxyl groups excluding tert-OH is 1. The Kier molecular flexibility index (Phi) is 4.08. The Morgan fingerprint density at radius 1 is 1.17 bits per heavy atom. The zero-order valence-corrected chi connectivity index (χ0v) is 13.7. The SMILES string of the molecule is O=C(C1CCCN1)N1CCc2c(-c3ccccc3CO)cccc21. The molecular weight excluding hydrogens is 300 g/mol. The average Bonchev–Trinajstić information content (AvgIpc) is 3.30. The Balaban J connectivity index is 1.72. The highest BCUT2D eigenvalue weighted by molar-refractivity contribution is 6.00. The van der Waals surface area contributed by atoms with Crippen LogP contribution in [0.3, 0.4) is 0 Å². The van der Waals surface area contributed by atoms with E-state index >= 15 is 0 Å². The summed E-state index contributed by atoms with van der Waals surface area (Å²) in [6, 6.07) is 14.0. The molecule has 1 amide bonds. The van der Waals surface area contributed by atoms with Gasteiger partial charge in [0.15, 0.2) is 0 Å². The van der Waals surface area contributed by atoms with Crippen LogP contribution in [-0.2, 0) is 17.8 Å². The highest BCUT2D eigenvalue weighted by atomic mass is 16.3. The third-order valence-corrected chi connectivity index (χ3v) is 5.13. The normalized spacial score (nSPS) is 19.5. The number of amides is 1. The molecule has 2 aliphatic heterocycles. The van der Waals surface area contributed by atoms with Gasteiger partial charge in [-0.2, -0.15) is 0 Å². The molecule has 4 heteroatoms. The molecule has 1 fully saturated rings. The lowest BCUT2D eigenvalue weighted by Crippen LogP contribution is -2.42. The number of fused-ring (bicyclic) bond motifs is 1. The monoisotopic (exact) mass is 322 g/mol. The van der Waals surface area contributed by atoms with Gasteiger partial charge in [-0.05, 0) is 54.1 Å². The number of carbonyl (C=O) groups is 1. The first-order valence-electron chi connectivity index (χ1n) is 8.65. The lowest BCUT2D eigenvalue weighted by molar-refractivity contribution is -0.120. The molecule has 1 atom stereocenters. The van der Waals surface area contributed by atoms with E-state index in [2.05, 4.69) is 11.4 Å². The van der Waals surface area contributed by atoms with E-state index < -0.39 is 0 Å². The van der Waals surface area contributed by atoms with Gasteiger partial charge in [0.2, 0.25) is 5.91 Å². The molecule has 0 bridgehead atoms. The number of hydrogen-bond donors (Lipinski definition) is 2. The minimum absolute atomic E-state index is 0.0223. The smallest absolute Gasteiger partial charge is 0.244 e. The molecule has 2 aliphatic rings. The lowest BCUT2D eigenvalue weighted by atomic mass is 9.94. The third kappa shape index (κ3) is 2.52. The molecule has 24 heavy (non-hydrogen) atoms. The minimum atomic E-state index is -0.0377. The van der Waals surface area contributed by atoms with Crippen molar-refractivity contribution in [3.63, 3.8) is 0 Å². The quantitative estimate of drug-likeness (QED) is 0.913. The minimum Gasteiger partial charge on any atom is -0.392 e. The summed E-state index contributed by atoms with van der Waals surface area (Å²) in [5.74, 6) is 0.193. The Morgan fingerprint density at radius 3 is 2.79 bits per heavy atom. The molecule has 0 saturated carbocycles. The Labute approximate surface area is 142 Å². The number of aliphatic hydroxyl groups is 1. The summed E-state index contributed by atoms with van der Waals surface area (Å²) in [5.41, 5.74) is 5.36. The summed E-state index contributed by atoms with van der Waals surface area (Å²) >= 11 is 0. The van der Waals surface area contributed by atoms with E-state index in [-0.39, 0.29) is 18.6 Å². The van der Waals surface area contributed by atoms with Crippen LogP contribution in [0.2, 0.25) is 0 Å². The number of nitrogens with zero attached hydrogens (tertiary/aromatic N) is 1. The van der Waals surface area contributed by atoms with E-state index in [4.69, 9.17) is 0 Å². The number of benzene rings is 2. The second-order valence-corrected chi connectivity index (χ2v) is 6.51. The first kappa shape index (κ1) is 15.4. The van der Waals surface area contributed by atoms with E-state index in [1.54, 1.807) is 0 Å². The van der Waals surface area contributed by atoms with Crippen LogP contribution in [0.1, 0.15) is 24.0 Å². The van der Waals surface area contributed by atoms with Crippen molar-refractivity contribution in [2.45, 2.75) is 31.9 Å². The van der Waals surface area contributed by atoms with Crippen LogP contribution in [0.15, 0.2) is 42.5 Å². The molecule has 1 saturated heterocycles. The second kappa shape index (κ2) is 6.38. The molecule has 2 heterocycles. The molecule has 4 nitrogen and oxygen atoms in total. The molecule has 2 aromatic rings. The van der Waals surface area contributed by atoms with Gasteiger partial charge in [-0.3, -0.25) is 4.79 Å². The molecule has 2 N–H and O–H groups in total. The molecule has 2 aromatic carbocycles. The standard InChI is InChI=1S/C20H22N2O2/c23-13-14-5-1-2-6-15(14)16-7-3-9-19-17(16)10-12-22(19)20(24)18-8-4-11-21-18/h1-3,5-7,9,18,21,23H,4,8,10-13H2. The van der Waals surface area contributed by atoms with Crippen LogP contribution < -0.4 is 10.2 Å². The highest BCUT2D eigenvalue weighted by Crippen LogP contribution is 2.38. The van der Waals surface area contributed by atoms with E-state index in [1.165, 1.54) is 5.56 Å². The molecule has 1 unspecified atom stereocenters. The maximum absolute atomic E-state index is 12.8. The van der Waals surface area contributed by atoms with Gasteiger partial charge >= 0.3 is 0 Å². The Morgan fingerprint density at radius 2 is 2.00 bits per heavy atom. The second-order valence-electron chi connectivity index (χ2n) is 6.51. The van der Waals surface area contributed by atoms with Gasteiger partial charge < -0.3 is 15.3 Å². The van der Waals surface area contributed by atoms with E-state index in [0.29, 0.717) is 0 Å². The average molecular weight is 322 g/mol. The summed E-state index contributed by atoms with van der Waals surface area (Å²) in [5, 5.41) is 12.9. The molecule has 0 radical (unpaired) electrons. The van der Waals surface area contributed by atoms with Crippen LogP contribution >= 0.6 is 0 Å². The summed E-state index contributed by atoms with van der Waals surface area (Å²) in [4.78, 5) is 14.7. The van der Waals surface area contributed by atoms with Crippen LogP contribution in [0, 0.1) is 0 Å². The van der Waals surface area contributed by atoms with Gasteiger partial charge in [-0.1, -0.05) is 36.4 Å². The Hall–Kier alpha value is -2.17. The lowest BCUT2D eigenvalue weighted by Gasteiger charge is -2.22. The molecule has 4 rings (SSSR count). The van der Waals surface area contributed by atoms with Gasteiger partial charge in [-0.15, -0.1) is 0 Å². The van der Waals surface area contributed by atoms with Gasteiger partial charge in [0.1, 0.15) is 0 Å². The van der Waals surface area contributed by atoms with Crippen LogP contribution in [0.25, 0.3) is 11.1 Å². The molecule has 124 valence electrons. The van der Waals surface area contributed by atoms with Crippen molar-refractivity contribution in [1.82, 2.24) is 5.32 Å². The highest BCUT2D eigenvalue weighted by Gasteiger charge is 2.32. The van der Waals surface area contributed by atoms with Crippen LogP contribution in [0.4, 0.5) is 5.69 Å². The van der Waals surface area contributed by atoms with Crippen molar-refractivity contribution in [3.8, 4) is 11.1 Å². The zero-order chi connectivity index (χ0) is 16.5. The maximum Gasteiger partial charge on any atom is 0.244 e. The van der Waals surface area contributed by atoms with Gasteiger partial charge in [0.05, 0.1) is 12.6 Å². The summed E-state index contributed by atoms with van der Waals surface area (Å²) < 4.78 is 0. The van der Waals surface area contributed by atoms with E-state index in [0.717, 1.165) is 54.7 Å². The number of anilines is 1. The van der Waals surface area contributed by atoms with Gasteiger partial charge in [-0.25, -0.2) is 0 Å². The van der Waals surface area contributed by atoms with Crippen molar-refractivity contribution in [3.05, 3.63) is 53.6 Å². The predicted molar refractivity (Wildman–Crippen MR) is 94.9 cm³/mol. The fraction of sp³-hybridized carbons (Fsp3) is 0.350. The predicted octanol–water partition coefficient (Wildman–Crippen LogP) is 2.49. The summed E-state index contributed by atoms with van der Waals surface area (Å²) in [7, 11) is 0. The topological polar surface area (TPSA) is 52.6 Å². The third-order valence-electron chi connectivity index (χ3n) is 5.13. The van der Waals surface area contributed by atoms with Gasteiger partial charge in [0, 0.05) is 12.2 Å². The first-order chi connectivity index (χ1) is 11.8. The number of nitrogens with one attached hydrogen (secondary N) is 1.